The first kappa shape index (κ1) is 13.5. The molecule has 1 atom stereocenters. The highest BCUT2D eigenvalue weighted by Gasteiger charge is 2.14. The third kappa shape index (κ3) is 3.78. The second kappa shape index (κ2) is 6.33. The van der Waals surface area contributed by atoms with Gasteiger partial charge in [-0.2, -0.15) is 0 Å². The molecule has 0 amide bonds. The van der Waals surface area contributed by atoms with Gasteiger partial charge in [0.05, 0.1) is 17.5 Å². The van der Waals surface area contributed by atoms with Crippen LogP contribution in [0.4, 0.5) is 0 Å². The minimum atomic E-state index is -0.827. The third-order valence-electron chi connectivity index (χ3n) is 2.59. The summed E-state index contributed by atoms with van der Waals surface area (Å²) in [4.78, 5) is 10.8. The Morgan fingerprint density at radius 3 is 2.84 bits per heavy atom. The number of benzene rings is 1. The fourth-order valence-corrected chi connectivity index (χ4v) is 2.22. The number of carbonyl (C=O) groups is 1. The Hall–Kier alpha value is -1.89. The van der Waals surface area contributed by atoms with Gasteiger partial charge < -0.3 is 5.11 Å². The number of aromatic nitrogens is 4. The molecule has 2 rings (SSSR count). The van der Waals surface area contributed by atoms with Crippen molar-refractivity contribution in [3.8, 4) is 0 Å². The van der Waals surface area contributed by atoms with Crippen molar-refractivity contribution in [1.29, 1.82) is 0 Å². The smallest absolute Gasteiger partial charge is 0.316 e. The summed E-state index contributed by atoms with van der Waals surface area (Å²) < 4.78 is 1.69. The summed E-state index contributed by atoms with van der Waals surface area (Å²) in [6.07, 6.45) is 0. The first-order valence-corrected chi connectivity index (χ1v) is 6.85. The molecule has 1 unspecified atom stereocenters. The fraction of sp³-hybridized carbons (Fsp3) is 0.333. The predicted molar refractivity (Wildman–Crippen MR) is 71.8 cm³/mol. The lowest BCUT2D eigenvalue weighted by atomic mass is 10.2. The molecule has 1 N–H and O–H groups in total. The number of hydrogen-bond acceptors (Lipinski definition) is 5. The van der Waals surface area contributed by atoms with Crippen LogP contribution in [0.15, 0.2) is 30.3 Å². The van der Waals surface area contributed by atoms with Crippen LogP contribution < -0.4 is 0 Å². The molecule has 0 bridgehead atoms. The van der Waals surface area contributed by atoms with Crippen molar-refractivity contribution in [1.82, 2.24) is 20.2 Å². The van der Waals surface area contributed by atoms with Crippen LogP contribution in [0.1, 0.15) is 18.3 Å². The van der Waals surface area contributed by atoms with Crippen molar-refractivity contribution < 1.29 is 9.90 Å². The van der Waals surface area contributed by atoms with Gasteiger partial charge in [0.15, 0.2) is 5.82 Å². The molecular formula is C12H14N4O2S. The highest BCUT2D eigenvalue weighted by molar-refractivity contribution is 7.99. The first-order chi connectivity index (χ1) is 9.16. The minimum absolute atomic E-state index is 0.470. The van der Waals surface area contributed by atoms with E-state index in [2.05, 4.69) is 15.5 Å². The van der Waals surface area contributed by atoms with Crippen LogP contribution in [-0.4, -0.2) is 36.5 Å². The molecule has 0 aliphatic rings. The molecule has 6 nitrogen and oxygen atoms in total. The highest BCUT2D eigenvalue weighted by atomic mass is 32.2. The number of tetrazole rings is 1. The molecule has 2 aromatic rings. The van der Waals surface area contributed by atoms with Gasteiger partial charge in [-0.15, -0.1) is 16.9 Å². The second-order valence-corrected chi connectivity index (χ2v) is 5.36. The van der Waals surface area contributed by atoms with Gasteiger partial charge in [0, 0.05) is 0 Å². The van der Waals surface area contributed by atoms with Gasteiger partial charge in [-0.3, -0.25) is 4.79 Å². The summed E-state index contributed by atoms with van der Waals surface area (Å²) in [6.45, 7) is 2.24. The zero-order valence-corrected chi connectivity index (χ0v) is 11.2. The number of nitrogens with zero attached hydrogens (tertiary/aromatic N) is 4. The number of thioether (sulfide) groups is 1. The lowest BCUT2D eigenvalue weighted by molar-refractivity contribution is -0.136. The second-order valence-electron chi connectivity index (χ2n) is 4.03. The summed E-state index contributed by atoms with van der Waals surface area (Å²) in [7, 11) is 0. The van der Waals surface area contributed by atoms with Crippen LogP contribution in [0, 0.1) is 0 Å². The maximum Gasteiger partial charge on any atom is 0.316 e. The van der Waals surface area contributed by atoms with E-state index in [1.807, 2.05) is 30.3 Å². The highest BCUT2D eigenvalue weighted by Crippen LogP contribution is 2.16. The molecular weight excluding hydrogens is 264 g/mol. The molecule has 0 aliphatic heterocycles. The Morgan fingerprint density at radius 1 is 1.42 bits per heavy atom. The maximum atomic E-state index is 10.8. The van der Waals surface area contributed by atoms with E-state index < -0.39 is 11.2 Å². The molecule has 0 fully saturated rings. The van der Waals surface area contributed by atoms with Gasteiger partial charge in [0.1, 0.15) is 0 Å². The summed E-state index contributed by atoms with van der Waals surface area (Å²) in [5.74, 6) is 0.335. The molecule has 0 spiro atoms. The number of carboxylic acid groups (broad SMARTS) is 1. The van der Waals surface area contributed by atoms with Crippen LogP contribution in [0.25, 0.3) is 0 Å². The predicted octanol–water partition coefficient (Wildman–Crippen LogP) is 1.43. The number of aliphatic carboxylic acids is 1. The summed E-state index contributed by atoms with van der Waals surface area (Å²) in [6, 6.07) is 9.87. The van der Waals surface area contributed by atoms with Crippen molar-refractivity contribution in [2.45, 2.75) is 24.5 Å². The lowest BCUT2D eigenvalue weighted by Gasteiger charge is -2.06. The molecule has 1 heterocycles. The van der Waals surface area contributed by atoms with Crippen LogP contribution in [0.5, 0.6) is 0 Å². The van der Waals surface area contributed by atoms with Crippen molar-refractivity contribution >= 4 is 17.7 Å². The number of hydrogen-bond donors (Lipinski definition) is 1. The van der Waals surface area contributed by atoms with E-state index in [9.17, 15) is 4.79 Å². The SMILES string of the molecule is CC(SCc1nnnn1Cc1ccccc1)C(=O)O. The van der Waals surface area contributed by atoms with Crippen molar-refractivity contribution in [2.24, 2.45) is 0 Å². The Labute approximate surface area is 114 Å². The quantitative estimate of drug-likeness (QED) is 0.861. The topological polar surface area (TPSA) is 80.9 Å². The molecule has 1 aromatic heterocycles. The lowest BCUT2D eigenvalue weighted by Crippen LogP contribution is -2.13. The minimum Gasteiger partial charge on any atom is -0.480 e. The monoisotopic (exact) mass is 278 g/mol. The van der Waals surface area contributed by atoms with Gasteiger partial charge >= 0.3 is 5.97 Å². The van der Waals surface area contributed by atoms with Crippen LogP contribution in [0.2, 0.25) is 0 Å². The number of carboxylic acids is 1. The van der Waals surface area contributed by atoms with Gasteiger partial charge in [-0.1, -0.05) is 30.3 Å². The third-order valence-corrected chi connectivity index (χ3v) is 3.72. The fourth-order valence-electron chi connectivity index (χ4n) is 1.48. The molecule has 19 heavy (non-hydrogen) atoms. The van der Waals surface area contributed by atoms with Gasteiger partial charge in [0.2, 0.25) is 0 Å². The molecule has 100 valence electrons. The summed E-state index contributed by atoms with van der Waals surface area (Å²) in [5.41, 5.74) is 1.10. The van der Waals surface area contributed by atoms with Crippen LogP contribution in [0.3, 0.4) is 0 Å². The normalized spacial score (nSPS) is 12.3. The van der Waals surface area contributed by atoms with Crippen molar-refractivity contribution in [2.75, 3.05) is 0 Å². The Kier molecular flexibility index (Phi) is 4.51. The van der Waals surface area contributed by atoms with E-state index in [1.165, 1.54) is 11.8 Å². The van der Waals surface area contributed by atoms with E-state index in [0.29, 0.717) is 18.1 Å². The van der Waals surface area contributed by atoms with Crippen molar-refractivity contribution in [3.05, 3.63) is 41.7 Å². The van der Waals surface area contributed by atoms with E-state index in [1.54, 1.807) is 11.6 Å². The average Bonchev–Trinajstić information content (AvgIpc) is 2.84. The molecule has 0 aliphatic carbocycles. The molecule has 1 aromatic carbocycles. The standard InChI is InChI=1S/C12H14N4O2S/c1-9(12(17)18)19-8-11-13-14-15-16(11)7-10-5-3-2-4-6-10/h2-6,9H,7-8H2,1H3,(H,17,18). The first-order valence-electron chi connectivity index (χ1n) is 5.80. The molecule has 0 saturated carbocycles. The zero-order valence-electron chi connectivity index (χ0n) is 10.4. The number of rotatable bonds is 6. The van der Waals surface area contributed by atoms with Crippen molar-refractivity contribution in [3.63, 3.8) is 0 Å². The van der Waals surface area contributed by atoms with Gasteiger partial charge in [-0.05, 0) is 22.9 Å². The molecule has 0 saturated heterocycles. The Balaban J connectivity index is 2.00. The van der Waals surface area contributed by atoms with E-state index in [4.69, 9.17) is 5.11 Å². The Bertz CT molecular complexity index is 544. The van der Waals surface area contributed by atoms with Crippen LogP contribution >= 0.6 is 11.8 Å². The molecule has 0 radical (unpaired) electrons. The van der Waals surface area contributed by atoms with E-state index in [0.717, 1.165) is 5.56 Å². The van der Waals surface area contributed by atoms with E-state index >= 15 is 0 Å². The zero-order chi connectivity index (χ0) is 13.7. The van der Waals surface area contributed by atoms with E-state index in [-0.39, 0.29) is 0 Å². The van der Waals surface area contributed by atoms with Gasteiger partial charge in [-0.25, -0.2) is 4.68 Å². The molecule has 7 heteroatoms. The summed E-state index contributed by atoms with van der Waals surface area (Å²) >= 11 is 1.30. The van der Waals surface area contributed by atoms with Gasteiger partial charge in [0.25, 0.3) is 0 Å². The summed E-state index contributed by atoms with van der Waals surface area (Å²) in [5, 5.41) is 19.9. The largest absolute Gasteiger partial charge is 0.480 e. The maximum absolute atomic E-state index is 10.8. The van der Waals surface area contributed by atoms with Crippen LogP contribution in [-0.2, 0) is 17.1 Å². The Morgan fingerprint density at radius 2 is 2.16 bits per heavy atom. The average molecular weight is 278 g/mol.